The first-order valence-electron chi connectivity index (χ1n) is 4.47. The second-order valence-electron chi connectivity index (χ2n) is 2.94. The van der Waals surface area contributed by atoms with E-state index in [0.717, 1.165) is 11.3 Å². The zero-order valence-corrected chi connectivity index (χ0v) is 8.76. The van der Waals surface area contributed by atoms with Crippen molar-refractivity contribution in [3.63, 3.8) is 0 Å². The third kappa shape index (κ3) is 2.96. The fourth-order valence-electron chi connectivity index (χ4n) is 1.06. The average Bonchev–Trinajstić information content (AvgIpc) is 2.62. The van der Waals surface area contributed by atoms with Gasteiger partial charge in [0.1, 0.15) is 0 Å². The van der Waals surface area contributed by atoms with Gasteiger partial charge in [0.15, 0.2) is 5.78 Å². The van der Waals surface area contributed by atoms with Crippen LogP contribution in [0.15, 0.2) is 12.1 Å². The van der Waals surface area contributed by atoms with Gasteiger partial charge in [0.05, 0.1) is 11.3 Å². The summed E-state index contributed by atoms with van der Waals surface area (Å²) in [6, 6.07) is 3.69. The van der Waals surface area contributed by atoms with Crippen LogP contribution in [0.5, 0.6) is 0 Å². The number of rotatable bonds is 5. The molecule has 0 radical (unpaired) electrons. The predicted octanol–water partition coefficient (Wildman–Crippen LogP) is 2.36. The van der Waals surface area contributed by atoms with E-state index in [1.165, 1.54) is 11.3 Å². The predicted molar refractivity (Wildman–Crippen MR) is 54.9 cm³/mol. The van der Waals surface area contributed by atoms with Gasteiger partial charge in [-0.15, -0.1) is 11.3 Å². The third-order valence-electron chi connectivity index (χ3n) is 1.85. The van der Waals surface area contributed by atoms with E-state index in [1.54, 1.807) is 6.07 Å². The molecule has 0 aliphatic carbocycles. The van der Waals surface area contributed by atoms with Crippen LogP contribution in [0.4, 0.5) is 0 Å². The van der Waals surface area contributed by atoms with Crippen molar-refractivity contribution in [2.24, 2.45) is 0 Å². The number of hydrogen-bond donors (Lipinski definition) is 1. The molecule has 0 bridgehead atoms. The number of aryl methyl sites for hydroxylation is 1. The van der Waals surface area contributed by atoms with Crippen LogP contribution in [0.3, 0.4) is 0 Å². The average molecular weight is 212 g/mol. The summed E-state index contributed by atoms with van der Waals surface area (Å²) in [5.41, 5.74) is 0. The standard InChI is InChI=1S/C10H12O3S/c1-2-7-3-5-9(14-7)8(11)4-6-10(12)13/h3,5H,2,4,6H2,1H3,(H,12,13). The molecule has 76 valence electrons. The molecule has 0 amide bonds. The largest absolute Gasteiger partial charge is 0.481 e. The molecule has 1 aromatic rings. The van der Waals surface area contributed by atoms with Gasteiger partial charge in [0, 0.05) is 11.3 Å². The Morgan fingerprint density at radius 3 is 2.57 bits per heavy atom. The van der Waals surface area contributed by atoms with Crippen molar-refractivity contribution in [3.8, 4) is 0 Å². The van der Waals surface area contributed by atoms with Gasteiger partial charge in [-0.1, -0.05) is 6.92 Å². The van der Waals surface area contributed by atoms with E-state index >= 15 is 0 Å². The maximum Gasteiger partial charge on any atom is 0.303 e. The molecule has 14 heavy (non-hydrogen) atoms. The molecule has 0 spiro atoms. The fraction of sp³-hybridized carbons (Fsp3) is 0.400. The van der Waals surface area contributed by atoms with E-state index in [-0.39, 0.29) is 18.6 Å². The Kier molecular flexibility index (Phi) is 3.83. The lowest BCUT2D eigenvalue weighted by Crippen LogP contribution is -2.01. The molecule has 0 unspecified atom stereocenters. The summed E-state index contributed by atoms with van der Waals surface area (Å²) < 4.78 is 0. The van der Waals surface area contributed by atoms with Gasteiger partial charge in [-0.3, -0.25) is 9.59 Å². The van der Waals surface area contributed by atoms with E-state index < -0.39 is 5.97 Å². The van der Waals surface area contributed by atoms with Gasteiger partial charge in [0.2, 0.25) is 0 Å². The summed E-state index contributed by atoms with van der Waals surface area (Å²) in [5, 5.41) is 8.41. The van der Waals surface area contributed by atoms with Crippen molar-refractivity contribution in [1.82, 2.24) is 0 Å². The van der Waals surface area contributed by atoms with Crippen LogP contribution in [-0.2, 0) is 11.2 Å². The summed E-state index contributed by atoms with van der Waals surface area (Å²) in [4.78, 5) is 23.5. The number of carboxylic acid groups (broad SMARTS) is 1. The number of carbonyl (C=O) groups is 2. The highest BCUT2D eigenvalue weighted by molar-refractivity contribution is 7.14. The van der Waals surface area contributed by atoms with Crippen LogP contribution >= 0.6 is 11.3 Å². The number of carbonyl (C=O) groups excluding carboxylic acids is 1. The van der Waals surface area contributed by atoms with E-state index in [4.69, 9.17) is 5.11 Å². The summed E-state index contributed by atoms with van der Waals surface area (Å²) in [7, 11) is 0. The quantitative estimate of drug-likeness (QED) is 0.762. The van der Waals surface area contributed by atoms with Gasteiger partial charge in [-0.05, 0) is 18.6 Å². The number of thiophene rings is 1. The molecule has 1 N–H and O–H groups in total. The Labute approximate surface area is 86.4 Å². The maximum absolute atomic E-state index is 11.4. The van der Waals surface area contributed by atoms with Gasteiger partial charge in [-0.2, -0.15) is 0 Å². The summed E-state index contributed by atoms with van der Waals surface area (Å²) >= 11 is 1.45. The minimum atomic E-state index is -0.925. The van der Waals surface area contributed by atoms with Gasteiger partial charge >= 0.3 is 5.97 Å². The van der Waals surface area contributed by atoms with E-state index in [0.29, 0.717) is 4.88 Å². The molecular formula is C10H12O3S. The molecule has 0 atom stereocenters. The minimum absolute atomic E-state index is 0.0721. The molecule has 0 aromatic carbocycles. The first-order valence-corrected chi connectivity index (χ1v) is 5.29. The summed E-state index contributed by atoms with van der Waals surface area (Å²) in [6.45, 7) is 2.03. The molecule has 0 saturated heterocycles. The van der Waals surface area contributed by atoms with Gasteiger partial charge in [0.25, 0.3) is 0 Å². The van der Waals surface area contributed by atoms with Crippen molar-refractivity contribution >= 4 is 23.1 Å². The lowest BCUT2D eigenvalue weighted by molar-refractivity contribution is -0.136. The Morgan fingerprint density at radius 1 is 1.36 bits per heavy atom. The zero-order valence-electron chi connectivity index (χ0n) is 7.95. The highest BCUT2D eigenvalue weighted by atomic mass is 32.1. The highest BCUT2D eigenvalue weighted by Crippen LogP contribution is 2.18. The second kappa shape index (κ2) is 4.91. The Morgan fingerprint density at radius 2 is 2.07 bits per heavy atom. The van der Waals surface area contributed by atoms with Crippen molar-refractivity contribution in [2.75, 3.05) is 0 Å². The Hall–Kier alpha value is -1.16. The molecular weight excluding hydrogens is 200 g/mol. The minimum Gasteiger partial charge on any atom is -0.481 e. The van der Waals surface area contributed by atoms with Crippen LogP contribution in [-0.4, -0.2) is 16.9 Å². The Balaban J connectivity index is 2.56. The number of aliphatic carboxylic acids is 1. The van der Waals surface area contributed by atoms with Crippen LogP contribution in [0.1, 0.15) is 34.3 Å². The van der Waals surface area contributed by atoms with E-state index in [2.05, 4.69) is 0 Å². The highest BCUT2D eigenvalue weighted by Gasteiger charge is 2.10. The summed E-state index contributed by atoms with van der Waals surface area (Å²) in [6.07, 6.45) is 0.925. The first-order chi connectivity index (χ1) is 6.63. The maximum atomic E-state index is 11.4. The van der Waals surface area contributed by atoms with Crippen LogP contribution in [0, 0.1) is 0 Å². The van der Waals surface area contributed by atoms with Crippen molar-refractivity contribution < 1.29 is 14.7 Å². The monoisotopic (exact) mass is 212 g/mol. The molecule has 0 aliphatic heterocycles. The molecule has 1 heterocycles. The SMILES string of the molecule is CCc1ccc(C(=O)CCC(=O)O)s1. The van der Waals surface area contributed by atoms with Crippen LogP contribution < -0.4 is 0 Å². The van der Waals surface area contributed by atoms with Crippen LogP contribution in [0.2, 0.25) is 0 Å². The topological polar surface area (TPSA) is 54.4 Å². The molecule has 1 aromatic heterocycles. The Bertz CT molecular complexity index is 341. The first kappa shape index (κ1) is 10.9. The second-order valence-corrected chi connectivity index (χ2v) is 4.10. The lowest BCUT2D eigenvalue weighted by atomic mass is 10.2. The van der Waals surface area contributed by atoms with Gasteiger partial charge in [-0.25, -0.2) is 0 Å². The fourth-order valence-corrected chi connectivity index (χ4v) is 1.98. The van der Waals surface area contributed by atoms with Gasteiger partial charge < -0.3 is 5.11 Å². The number of carboxylic acids is 1. The normalized spacial score (nSPS) is 10.1. The molecule has 4 heteroatoms. The molecule has 0 aliphatic rings. The molecule has 3 nitrogen and oxygen atoms in total. The van der Waals surface area contributed by atoms with E-state index in [1.807, 2.05) is 13.0 Å². The molecule has 1 rings (SSSR count). The molecule has 0 fully saturated rings. The summed E-state index contributed by atoms with van der Waals surface area (Å²) in [5.74, 6) is -0.997. The van der Waals surface area contributed by atoms with Crippen molar-refractivity contribution in [3.05, 3.63) is 21.9 Å². The number of hydrogen-bond acceptors (Lipinski definition) is 3. The number of Topliss-reactive ketones (excluding diaryl/α,β-unsaturated/α-hetero) is 1. The van der Waals surface area contributed by atoms with Crippen molar-refractivity contribution in [1.29, 1.82) is 0 Å². The zero-order chi connectivity index (χ0) is 10.6. The van der Waals surface area contributed by atoms with Crippen LogP contribution in [0.25, 0.3) is 0 Å². The third-order valence-corrected chi connectivity index (χ3v) is 3.12. The number of ketones is 1. The lowest BCUT2D eigenvalue weighted by Gasteiger charge is -1.93. The molecule has 0 saturated carbocycles. The smallest absolute Gasteiger partial charge is 0.303 e. The van der Waals surface area contributed by atoms with Crippen molar-refractivity contribution in [2.45, 2.75) is 26.2 Å². The van der Waals surface area contributed by atoms with E-state index in [9.17, 15) is 9.59 Å².